The molecule has 0 bridgehead atoms. The Morgan fingerprint density at radius 3 is 2.88 bits per heavy atom. The number of pyridine rings is 1. The SMILES string of the molecule is CCOc1cc(C(=O)OC)nc2c1CCCC2. The third kappa shape index (κ3) is 2.40. The number of fused-ring (bicyclic) bond motifs is 1. The number of ether oxygens (including phenoxy) is 2. The fraction of sp³-hybridized carbons (Fsp3) is 0.538. The Kier molecular flexibility index (Phi) is 3.61. The fourth-order valence-corrected chi connectivity index (χ4v) is 2.16. The van der Waals surface area contributed by atoms with E-state index in [-0.39, 0.29) is 0 Å². The van der Waals surface area contributed by atoms with Gasteiger partial charge in [-0.05, 0) is 32.6 Å². The molecule has 4 nitrogen and oxygen atoms in total. The number of methoxy groups -OCH3 is 1. The second-order valence-corrected chi connectivity index (χ2v) is 4.06. The number of carbonyl (C=O) groups is 1. The predicted molar refractivity (Wildman–Crippen MR) is 63.4 cm³/mol. The average Bonchev–Trinajstić information content (AvgIpc) is 2.38. The molecule has 0 spiro atoms. The molecule has 0 fully saturated rings. The molecule has 1 aromatic heterocycles. The summed E-state index contributed by atoms with van der Waals surface area (Å²) in [5.41, 5.74) is 2.49. The predicted octanol–water partition coefficient (Wildman–Crippen LogP) is 2.15. The Balaban J connectivity index is 2.44. The lowest BCUT2D eigenvalue weighted by Crippen LogP contribution is -2.13. The van der Waals surface area contributed by atoms with Gasteiger partial charge >= 0.3 is 5.97 Å². The summed E-state index contributed by atoms with van der Waals surface area (Å²) in [5.74, 6) is 0.386. The van der Waals surface area contributed by atoms with E-state index in [0.717, 1.165) is 42.7 Å². The molecule has 0 aromatic carbocycles. The molecule has 0 amide bonds. The van der Waals surface area contributed by atoms with Gasteiger partial charge in [0.1, 0.15) is 5.75 Å². The van der Waals surface area contributed by atoms with Gasteiger partial charge in [0.05, 0.1) is 13.7 Å². The van der Waals surface area contributed by atoms with E-state index in [1.54, 1.807) is 6.07 Å². The third-order valence-corrected chi connectivity index (χ3v) is 2.95. The van der Waals surface area contributed by atoms with Gasteiger partial charge in [0.25, 0.3) is 0 Å². The zero-order valence-electron chi connectivity index (χ0n) is 10.3. The molecule has 0 saturated carbocycles. The largest absolute Gasteiger partial charge is 0.493 e. The van der Waals surface area contributed by atoms with Crippen molar-refractivity contribution >= 4 is 5.97 Å². The quantitative estimate of drug-likeness (QED) is 0.753. The number of rotatable bonds is 3. The van der Waals surface area contributed by atoms with Crippen LogP contribution in [0.25, 0.3) is 0 Å². The maximum atomic E-state index is 11.5. The lowest BCUT2D eigenvalue weighted by molar-refractivity contribution is 0.0593. The van der Waals surface area contributed by atoms with Gasteiger partial charge in [-0.1, -0.05) is 0 Å². The normalized spacial score (nSPS) is 14.0. The molecular weight excluding hydrogens is 218 g/mol. The zero-order valence-corrected chi connectivity index (χ0v) is 10.3. The molecule has 2 rings (SSSR count). The second-order valence-electron chi connectivity index (χ2n) is 4.06. The molecule has 1 aliphatic carbocycles. The molecule has 0 aliphatic heterocycles. The maximum absolute atomic E-state index is 11.5. The van der Waals surface area contributed by atoms with E-state index < -0.39 is 5.97 Å². The lowest BCUT2D eigenvalue weighted by Gasteiger charge is -2.19. The van der Waals surface area contributed by atoms with E-state index in [1.807, 2.05) is 6.92 Å². The van der Waals surface area contributed by atoms with Gasteiger partial charge in [-0.15, -0.1) is 0 Å². The van der Waals surface area contributed by atoms with E-state index in [0.29, 0.717) is 12.3 Å². The van der Waals surface area contributed by atoms with E-state index in [9.17, 15) is 4.79 Å². The highest BCUT2D eigenvalue weighted by Gasteiger charge is 2.20. The summed E-state index contributed by atoms with van der Waals surface area (Å²) in [6, 6.07) is 1.69. The second kappa shape index (κ2) is 5.17. The van der Waals surface area contributed by atoms with Gasteiger partial charge in [0.2, 0.25) is 0 Å². The minimum Gasteiger partial charge on any atom is -0.493 e. The van der Waals surface area contributed by atoms with Crippen LogP contribution in [-0.2, 0) is 17.6 Å². The Hall–Kier alpha value is -1.58. The van der Waals surface area contributed by atoms with Crippen LogP contribution in [-0.4, -0.2) is 24.7 Å². The zero-order chi connectivity index (χ0) is 12.3. The van der Waals surface area contributed by atoms with Crippen molar-refractivity contribution in [3.63, 3.8) is 0 Å². The Morgan fingerprint density at radius 2 is 2.18 bits per heavy atom. The summed E-state index contributed by atoms with van der Waals surface area (Å²) >= 11 is 0. The number of carbonyl (C=O) groups excluding carboxylic acids is 1. The van der Waals surface area contributed by atoms with E-state index >= 15 is 0 Å². The monoisotopic (exact) mass is 235 g/mol. The van der Waals surface area contributed by atoms with Crippen molar-refractivity contribution in [2.24, 2.45) is 0 Å². The Labute approximate surface area is 101 Å². The first-order valence-electron chi connectivity index (χ1n) is 6.00. The number of aryl methyl sites for hydroxylation is 1. The van der Waals surface area contributed by atoms with Gasteiger partial charge < -0.3 is 9.47 Å². The van der Waals surface area contributed by atoms with Gasteiger partial charge in [0.15, 0.2) is 5.69 Å². The topological polar surface area (TPSA) is 48.4 Å². The molecule has 0 N–H and O–H groups in total. The number of hydrogen-bond acceptors (Lipinski definition) is 4. The Morgan fingerprint density at radius 1 is 1.41 bits per heavy atom. The summed E-state index contributed by atoms with van der Waals surface area (Å²) in [6.07, 6.45) is 4.18. The highest BCUT2D eigenvalue weighted by atomic mass is 16.5. The fourth-order valence-electron chi connectivity index (χ4n) is 2.16. The van der Waals surface area contributed by atoms with E-state index in [2.05, 4.69) is 4.98 Å². The summed E-state index contributed by atoms with van der Waals surface area (Å²) < 4.78 is 10.3. The Bertz CT molecular complexity index is 429. The van der Waals surface area contributed by atoms with Crippen molar-refractivity contribution in [3.8, 4) is 5.75 Å². The highest BCUT2D eigenvalue weighted by molar-refractivity contribution is 5.87. The van der Waals surface area contributed by atoms with Gasteiger partial charge in [-0.25, -0.2) is 9.78 Å². The summed E-state index contributed by atoms with van der Waals surface area (Å²) in [4.78, 5) is 15.9. The summed E-state index contributed by atoms with van der Waals surface area (Å²) in [5, 5.41) is 0. The third-order valence-electron chi connectivity index (χ3n) is 2.95. The minimum absolute atomic E-state index is 0.344. The van der Waals surface area contributed by atoms with Crippen LogP contribution in [0, 0.1) is 0 Å². The van der Waals surface area contributed by atoms with Crippen LogP contribution in [0.5, 0.6) is 5.75 Å². The summed E-state index contributed by atoms with van der Waals surface area (Å²) in [7, 11) is 1.36. The molecule has 1 aromatic rings. The van der Waals surface area contributed by atoms with Gasteiger partial charge in [-0.2, -0.15) is 0 Å². The number of aromatic nitrogens is 1. The minimum atomic E-state index is -0.403. The molecule has 0 unspecified atom stereocenters. The summed E-state index contributed by atoms with van der Waals surface area (Å²) in [6.45, 7) is 2.53. The molecule has 1 heterocycles. The van der Waals surface area contributed by atoms with Crippen LogP contribution < -0.4 is 4.74 Å². The van der Waals surface area contributed by atoms with Gasteiger partial charge in [-0.3, -0.25) is 0 Å². The van der Waals surface area contributed by atoms with Crippen molar-refractivity contribution in [1.82, 2.24) is 4.98 Å². The molecule has 0 radical (unpaired) electrons. The molecule has 1 aliphatic rings. The van der Waals surface area contributed by atoms with Crippen molar-refractivity contribution in [2.75, 3.05) is 13.7 Å². The van der Waals surface area contributed by atoms with E-state index in [4.69, 9.17) is 9.47 Å². The van der Waals surface area contributed by atoms with Crippen LogP contribution in [0.4, 0.5) is 0 Å². The first-order chi connectivity index (χ1) is 8.26. The molecular formula is C13H17NO3. The molecule has 4 heteroatoms. The first kappa shape index (κ1) is 11.9. The van der Waals surface area contributed by atoms with Crippen LogP contribution in [0.3, 0.4) is 0 Å². The molecule has 17 heavy (non-hydrogen) atoms. The smallest absolute Gasteiger partial charge is 0.356 e. The van der Waals surface area contributed by atoms with E-state index in [1.165, 1.54) is 7.11 Å². The number of hydrogen-bond donors (Lipinski definition) is 0. The standard InChI is InChI=1S/C13H17NO3/c1-3-17-12-8-11(13(15)16-2)14-10-7-5-4-6-9(10)12/h8H,3-7H2,1-2H3. The lowest BCUT2D eigenvalue weighted by atomic mass is 9.95. The van der Waals surface area contributed by atoms with Gasteiger partial charge in [0, 0.05) is 17.3 Å². The average molecular weight is 235 g/mol. The van der Waals surface area contributed by atoms with Crippen molar-refractivity contribution in [1.29, 1.82) is 0 Å². The van der Waals surface area contributed by atoms with Crippen molar-refractivity contribution in [3.05, 3.63) is 23.0 Å². The van der Waals surface area contributed by atoms with Crippen LogP contribution in [0.2, 0.25) is 0 Å². The van der Waals surface area contributed by atoms with Crippen molar-refractivity contribution in [2.45, 2.75) is 32.6 Å². The van der Waals surface area contributed by atoms with Crippen LogP contribution in [0.1, 0.15) is 41.5 Å². The van der Waals surface area contributed by atoms with Crippen molar-refractivity contribution < 1.29 is 14.3 Å². The maximum Gasteiger partial charge on any atom is 0.356 e. The molecule has 92 valence electrons. The van der Waals surface area contributed by atoms with Crippen LogP contribution >= 0.6 is 0 Å². The first-order valence-corrected chi connectivity index (χ1v) is 6.00. The molecule has 0 saturated heterocycles. The highest BCUT2D eigenvalue weighted by Crippen LogP contribution is 2.29. The van der Waals surface area contributed by atoms with Crippen LogP contribution in [0.15, 0.2) is 6.07 Å². The number of nitrogens with zero attached hydrogens (tertiary/aromatic N) is 1. The number of esters is 1. The molecule has 0 atom stereocenters.